The van der Waals surface area contributed by atoms with Gasteiger partial charge in [-0.2, -0.15) is 0 Å². The monoisotopic (exact) mass is 318 g/mol. The summed E-state index contributed by atoms with van der Waals surface area (Å²) in [6.45, 7) is 6.77. The Morgan fingerprint density at radius 1 is 1.29 bits per heavy atom. The highest BCUT2D eigenvalue weighted by Crippen LogP contribution is 2.50. The van der Waals surface area contributed by atoms with Gasteiger partial charge in [-0.1, -0.05) is 13.8 Å². The maximum atomic E-state index is 12.4. The van der Waals surface area contributed by atoms with Crippen LogP contribution in [0.4, 0.5) is 0 Å². The molecule has 0 spiro atoms. The Bertz CT molecular complexity index is 509. The summed E-state index contributed by atoms with van der Waals surface area (Å²) in [5, 5.41) is 8.13. The molecule has 0 aromatic rings. The van der Waals surface area contributed by atoms with Crippen LogP contribution in [0.3, 0.4) is 0 Å². The zero-order valence-corrected chi connectivity index (χ0v) is 13.8. The molecule has 2 saturated carbocycles. The van der Waals surface area contributed by atoms with Crippen molar-refractivity contribution in [2.45, 2.75) is 69.8 Å². The van der Waals surface area contributed by atoms with E-state index in [4.69, 9.17) is 9.88 Å². The molecule has 2 rings (SSSR count). The lowest BCUT2D eigenvalue weighted by molar-refractivity contribution is -0.148. The fourth-order valence-electron chi connectivity index (χ4n) is 3.63. The first-order valence-corrected chi connectivity index (χ1v) is 9.27. The second-order valence-electron chi connectivity index (χ2n) is 6.19. The van der Waals surface area contributed by atoms with Crippen LogP contribution in [0.2, 0.25) is 0 Å². The molecule has 0 saturated heterocycles. The van der Waals surface area contributed by atoms with E-state index in [2.05, 4.69) is 19.2 Å². The highest BCUT2D eigenvalue weighted by molar-refractivity contribution is 7.91. The highest BCUT2D eigenvalue weighted by Gasteiger charge is 2.62. The van der Waals surface area contributed by atoms with Gasteiger partial charge in [-0.25, -0.2) is 13.6 Å². The second kappa shape index (κ2) is 5.52. The number of carbonyl (C=O) groups is 1. The van der Waals surface area contributed by atoms with Crippen LogP contribution >= 0.6 is 0 Å². The van der Waals surface area contributed by atoms with Gasteiger partial charge in [0.25, 0.3) is 0 Å². The zero-order valence-electron chi connectivity index (χ0n) is 13.0. The third-order valence-corrected chi connectivity index (χ3v) is 7.12. The van der Waals surface area contributed by atoms with Gasteiger partial charge in [-0.3, -0.25) is 4.79 Å². The Balaban J connectivity index is 2.09. The summed E-state index contributed by atoms with van der Waals surface area (Å²) in [5.41, 5.74) is -0.0971. The van der Waals surface area contributed by atoms with Crippen LogP contribution in [0, 0.1) is 5.41 Å². The predicted molar refractivity (Wildman–Crippen MR) is 80.0 cm³/mol. The average molecular weight is 318 g/mol. The Labute approximate surface area is 126 Å². The SMILES string of the molecule is CCOC1CC(NC(=O)C2(S(N)(=O)=O)CC2)C1(CC)CC. The Morgan fingerprint density at radius 2 is 1.86 bits per heavy atom. The van der Waals surface area contributed by atoms with Crippen molar-refractivity contribution in [1.29, 1.82) is 0 Å². The molecule has 0 radical (unpaired) electrons. The maximum absolute atomic E-state index is 12.4. The van der Waals surface area contributed by atoms with Crippen molar-refractivity contribution < 1.29 is 17.9 Å². The largest absolute Gasteiger partial charge is 0.378 e. The van der Waals surface area contributed by atoms with E-state index < -0.39 is 20.7 Å². The van der Waals surface area contributed by atoms with Gasteiger partial charge in [0.1, 0.15) is 0 Å². The number of carbonyl (C=O) groups excluding carboxylic acids is 1. The number of sulfonamides is 1. The molecular formula is C14H26N2O4S. The number of nitrogens with two attached hydrogens (primary N) is 1. The number of amides is 1. The van der Waals surface area contributed by atoms with Gasteiger partial charge in [0.15, 0.2) is 4.75 Å². The van der Waals surface area contributed by atoms with Gasteiger partial charge in [-0.05, 0) is 39.0 Å². The molecule has 2 atom stereocenters. The van der Waals surface area contributed by atoms with E-state index in [1.165, 1.54) is 0 Å². The highest BCUT2D eigenvalue weighted by atomic mass is 32.2. The number of hydrogen-bond donors (Lipinski definition) is 2. The summed E-state index contributed by atoms with van der Waals surface area (Å²) in [4.78, 5) is 12.4. The fraction of sp³-hybridized carbons (Fsp3) is 0.929. The van der Waals surface area contributed by atoms with Crippen molar-refractivity contribution in [2.24, 2.45) is 10.6 Å². The Kier molecular flexibility index (Phi) is 4.39. The number of ether oxygens (including phenoxy) is 1. The van der Waals surface area contributed by atoms with Crippen LogP contribution in [-0.4, -0.2) is 37.8 Å². The molecular weight excluding hydrogens is 292 g/mol. The van der Waals surface area contributed by atoms with E-state index >= 15 is 0 Å². The molecule has 122 valence electrons. The van der Waals surface area contributed by atoms with Crippen LogP contribution in [-0.2, 0) is 19.6 Å². The van der Waals surface area contributed by atoms with Crippen molar-refractivity contribution in [3.05, 3.63) is 0 Å². The normalized spacial score (nSPS) is 29.5. The number of rotatable bonds is 7. The zero-order chi connectivity index (χ0) is 15.9. The van der Waals surface area contributed by atoms with E-state index in [1.54, 1.807) is 0 Å². The van der Waals surface area contributed by atoms with Gasteiger partial charge in [0.2, 0.25) is 15.9 Å². The molecule has 0 aromatic carbocycles. The summed E-state index contributed by atoms with van der Waals surface area (Å²) in [5.74, 6) is -0.434. The molecule has 1 amide bonds. The molecule has 0 aliphatic heterocycles. The van der Waals surface area contributed by atoms with Crippen LogP contribution in [0.5, 0.6) is 0 Å². The number of hydrogen-bond acceptors (Lipinski definition) is 4. The molecule has 3 N–H and O–H groups in total. The maximum Gasteiger partial charge on any atom is 0.243 e. The smallest absolute Gasteiger partial charge is 0.243 e. The molecule has 2 fully saturated rings. The molecule has 0 bridgehead atoms. The van der Waals surface area contributed by atoms with E-state index in [0.717, 1.165) is 19.3 Å². The van der Waals surface area contributed by atoms with Crippen LogP contribution in [0.25, 0.3) is 0 Å². The molecule has 21 heavy (non-hydrogen) atoms. The number of nitrogens with one attached hydrogen (secondary N) is 1. The minimum Gasteiger partial charge on any atom is -0.378 e. The summed E-state index contributed by atoms with van der Waals surface area (Å²) in [6, 6.07) is -0.0317. The first-order chi connectivity index (χ1) is 9.77. The first kappa shape index (κ1) is 16.7. The van der Waals surface area contributed by atoms with Crippen molar-refractivity contribution in [3.63, 3.8) is 0 Å². The van der Waals surface area contributed by atoms with E-state index in [-0.39, 0.29) is 17.6 Å². The van der Waals surface area contributed by atoms with Gasteiger partial charge in [0, 0.05) is 18.1 Å². The minimum atomic E-state index is -3.84. The molecule has 2 unspecified atom stereocenters. The van der Waals surface area contributed by atoms with Crippen LogP contribution < -0.4 is 10.5 Å². The fourth-order valence-corrected chi connectivity index (χ4v) is 4.62. The Morgan fingerprint density at radius 3 is 2.24 bits per heavy atom. The molecule has 0 aromatic heterocycles. The number of primary sulfonamides is 1. The van der Waals surface area contributed by atoms with E-state index in [9.17, 15) is 13.2 Å². The summed E-state index contributed by atoms with van der Waals surface area (Å²) < 4.78 is 27.6. The molecule has 0 heterocycles. The predicted octanol–water partition coefficient (Wildman–Crippen LogP) is 0.907. The standard InChI is InChI=1S/C14H26N2O4S/c1-4-13(5-2)10(9-11(13)20-6-3)16-12(17)14(7-8-14)21(15,18)19/h10-11H,4-9H2,1-3H3,(H,16,17)(H2,15,18,19). The van der Waals surface area contributed by atoms with Crippen molar-refractivity contribution in [3.8, 4) is 0 Å². The van der Waals surface area contributed by atoms with Crippen molar-refractivity contribution in [1.82, 2.24) is 5.32 Å². The molecule has 7 heteroatoms. The molecule has 2 aliphatic rings. The summed E-state index contributed by atoms with van der Waals surface area (Å²) in [6.07, 6.45) is 3.30. The first-order valence-electron chi connectivity index (χ1n) is 7.72. The van der Waals surface area contributed by atoms with Gasteiger partial charge in [0.05, 0.1) is 6.10 Å². The minimum absolute atomic E-state index is 0.0317. The third kappa shape index (κ3) is 2.49. The summed E-state index contributed by atoms with van der Waals surface area (Å²) in [7, 11) is -3.84. The average Bonchev–Trinajstić information content (AvgIpc) is 3.19. The van der Waals surface area contributed by atoms with E-state index in [1.807, 2.05) is 6.92 Å². The van der Waals surface area contributed by atoms with E-state index in [0.29, 0.717) is 19.4 Å². The van der Waals surface area contributed by atoms with Gasteiger partial charge in [-0.15, -0.1) is 0 Å². The van der Waals surface area contributed by atoms with Crippen molar-refractivity contribution in [2.75, 3.05) is 6.61 Å². The lowest BCUT2D eigenvalue weighted by Crippen LogP contribution is -2.66. The Hall–Kier alpha value is -0.660. The van der Waals surface area contributed by atoms with Crippen molar-refractivity contribution >= 4 is 15.9 Å². The van der Waals surface area contributed by atoms with Crippen LogP contribution in [0.1, 0.15) is 52.9 Å². The lowest BCUT2D eigenvalue weighted by Gasteiger charge is -2.55. The van der Waals surface area contributed by atoms with Crippen LogP contribution in [0.15, 0.2) is 0 Å². The lowest BCUT2D eigenvalue weighted by atomic mass is 9.58. The summed E-state index contributed by atoms with van der Waals surface area (Å²) >= 11 is 0. The molecule has 6 nitrogen and oxygen atoms in total. The molecule has 2 aliphatic carbocycles. The quantitative estimate of drug-likeness (QED) is 0.729. The topological polar surface area (TPSA) is 98.5 Å². The third-order valence-electron chi connectivity index (χ3n) is 5.44. The second-order valence-corrected chi connectivity index (χ2v) is 8.06. The van der Waals surface area contributed by atoms with Gasteiger partial charge < -0.3 is 10.1 Å². The van der Waals surface area contributed by atoms with Gasteiger partial charge >= 0.3 is 0 Å².